The number of hydrogen-bond acceptors (Lipinski definition) is 1. The number of furan rings is 1. The maximum Gasteiger partial charge on any atom is 0.112 e. The molecule has 13 heavy (non-hydrogen) atoms. The molecule has 0 atom stereocenters. The van der Waals surface area contributed by atoms with Gasteiger partial charge in [-0.15, -0.1) is 0 Å². The fourth-order valence-corrected chi connectivity index (χ4v) is 1.55. The highest BCUT2D eigenvalue weighted by molar-refractivity contribution is 5.29. The Kier molecular flexibility index (Phi) is 2.56. The minimum Gasteiger partial charge on any atom is -0.466 e. The minimum absolute atomic E-state index is 0.119. The van der Waals surface area contributed by atoms with E-state index < -0.39 is 0 Å². The fraction of sp³-hybridized carbons (Fsp3) is 0.667. The van der Waals surface area contributed by atoms with Crippen LogP contribution in [0.3, 0.4) is 0 Å². The van der Waals surface area contributed by atoms with Crippen molar-refractivity contribution in [2.24, 2.45) is 0 Å². The van der Waals surface area contributed by atoms with Crippen LogP contribution in [-0.4, -0.2) is 0 Å². The highest BCUT2D eigenvalue weighted by atomic mass is 16.3. The molecule has 74 valence electrons. The van der Waals surface area contributed by atoms with Crippen LogP contribution in [0.25, 0.3) is 0 Å². The van der Waals surface area contributed by atoms with Crippen LogP contribution in [-0.2, 0) is 5.41 Å². The minimum atomic E-state index is 0.119. The summed E-state index contributed by atoms with van der Waals surface area (Å²) in [6, 6.07) is 2.16. The Hall–Kier alpha value is -0.720. The van der Waals surface area contributed by atoms with Crippen LogP contribution in [0.15, 0.2) is 10.5 Å². The van der Waals surface area contributed by atoms with Gasteiger partial charge in [-0.25, -0.2) is 0 Å². The molecule has 0 unspecified atom stereocenters. The van der Waals surface area contributed by atoms with Crippen LogP contribution in [0.4, 0.5) is 0 Å². The topological polar surface area (TPSA) is 13.1 Å². The van der Waals surface area contributed by atoms with Gasteiger partial charge in [0.15, 0.2) is 0 Å². The van der Waals surface area contributed by atoms with Crippen LogP contribution in [0.5, 0.6) is 0 Å². The predicted octanol–water partition coefficient (Wildman–Crippen LogP) is 4.01. The molecule has 1 aromatic rings. The third-order valence-corrected chi connectivity index (χ3v) is 2.19. The van der Waals surface area contributed by atoms with Crippen molar-refractivity contribution in [3.8, 4) is 0 Å². The summed E-state index contributed by atoms with van der Waals surface area (Å²) in [4.78, 5) is 0. The van der Waals surface area contributed by atoms with E-state index in [1.54, 1.807) is 0 Å². The summed E-state index contributed by atoms with van der Waals surface area (Å²) in [6.45, 7) is 13.0. The van der Waals surface area contributed by atoms with Crippen molar-refractivity contribution in [3.05, 3.63) is 23.2 Å². The van der Waals surface area contributed by atoms with Crippen molar-refractivity contribution < 1.29 is 4.42 Å². The third kappa shape index (κ3) is 2.15. The lowest BCUT2D eigenvalue weighted by Gasteiger charge is -2.18. The van der Waals surface area contributed by atoms with Gasteiger partial charge in [-0.05, 0) is 24.5 Å². The van der Waals surface area contributed by atoms with Crippen LogP contribution < -0.4 is 0 Å². The SMILES string of the molecule is Cc1cc(C(C)C)c(C(C)(C)C)o1. The normalized spacial score (nSPS) is 12.5. The van der Waals surface area contributed by atoms with Gasteiger partial charge in [-0.2, -0.15) is 0 Å². The van der Waals surface area contributed by atoms with Crippen molar-refractivity contribution in [1.82, 2.24) is 0 Å². The van der Waals surface area contributed by atoms with Crippen molar-refractivity contribution in [2.75, 3.05) is 0 Å². The van der Waals surface area contributed by atoms with Crippen LogP contribution in [0.1, 0.15) is 57.6 Å². The van der Waals surface area contributed by atoms with E-state index in [1.165, 1.54) is 5.56 Å². The Morgan fingerprint density at radius 3 is 2.08 bits per heavy atom. The van der Waals surface area contributed by atoms with Gasteiger partial charge in [0.25, 0.3) is 0 Å². The molecule has 0 N–H and O–H groups in total. The van der Waals surface area contributed by atoms with Gasteiger partial charge in [-0.3, -0.25) is 0 Å². The Labute approximate surface area is 81.1 Å². The van der Waals surface area contributed by atoms with E-state index in [-0.39, 0.29) is 5.41 Å². The Morgan fingerprint density at radius 1 is 1.23 bits per heavy atom. The van der Waals surface area contributed by atoms with E-state index in [9.17, 15) is 0 Å². The van der Waals surface area contributed by atoms with Crippen molar-refractivity contribution in [2.45, 2.75) is 52.9 Å². The van der Waals surface area contributed by atoms with E-state index >= 15 is 0 Å². The summed E-state index contributed by atoms with van der Waals surface area (Å²) in [5.74, 6) is 2.71. The molecule has 0 aromatic carbocycles. The highest BCUT2D eigenvalue weighted by Crippen LogP contribution is 2.32. The van der Waals surface area contributed by atoms with Gasteiger partial charge in [0.05, 0.1) is 0 Å². The molecule has 1 heterocycles. The molecular formula is C12H20O. The van der Waals surface area contributed by atoms with Gasteiger partial charge >= 0.3 is 0 Å². The lowest BCUT2D eigenvalue weighted by atomic mass is 9.87. The van der Waals surface area contributed by atoms with Crippen LogP contribution in [0, 0.1) is 6.92 Å². The van der Waals surface area contributed by atoms with Crippen molar-refractivity contribution in [3.63, 3.8) is 0 Å². The Bertz CT molecular complexity index is 287. The van der Waals surface area contributed by atoms with Gasteiger partial charge in [-0.1, -0.05) is 34.6 Å². The summed E-state index contributed by atoms with van der Waals surface area (Å²) in [5.41, 5.74) is 1.47. The quantitative estimate of drug-likeness (QED) is 0.636. The van der Waals surface area contributed by atoms with Gasteiger partial charge < -0.3 is 4.42 Å². The molecule has 0 aliphatic carbocycles. The smallest absolute Gasteiger partial charge is 0.112 e. The summed E-state index contributed by atoms with van der Waals surface area (Å²) >= 11 is 0. The Balaban J connectivity index is 3.20. The second kappa shape index (κ2) is 3.21. The largest absolute Gasteiger partial charge is 0.466 e. The number of aryl methyl sites for hydroxylation is 1. The molecule has 0 aliphatic rings. The summed E-state index contributed by atoms with van der Waals surface area (Å²) in [5, 5.41) is 0. The first-order valence-electron chi connectivity index (χ1n) is 4.93. The Morgan fingerprint density at radius 2 is 1.77 bits per heavy atom. The first kappa shape index (κ1) is 10.4. The lowest BCUT2D eigenvalue weighted by Crippen LogP contribution is -2.12. The number of rotatable bonds is 1. The monoisotopic (exact) mass is 180 g/mol. The van der Waals surface area contributed by atoms with Crippen LogP contribution in [0.2, 0.25) is 0 Å². The van der Waals surface area contributed by atoms with Gasteiger partial charge in [0.2, 0.25) is 0 Å². The summed E-state index contributed by atoms with van der Waals surface area (Å²) in [6.07, 6.45) is 0. The van der Waals surface area contributed by atoms with E-state index in [0.29, 0.717) is 5.92 Å². The molecular weight excluding hydrogens is 160 g/mol. The van der Waals surface area contributed by atoms with E-state index in [1.807, 2.05) is 6.92 Å². The first-order chi connectivity index (χ1) is 5.82. The van der Waals surface area contributed by atoms with Gasteiger partial charge in [0, 0.05) is 5.41 Å². The first-order valence-corrected chi connectivity index (χ1v) is 4.93. The zero-order chi connectivity index (χ0) is 10.2. The van der Waals surface area contributed by atoms with E-state index in [4.69, 9.17) is 4.42 Å². The standard InChI is InChI=1S/C12H20O/c1-8(2)10-7-9(3)13-11(10)12(4,5)6/h7-8H,1-6H3. The summed E-state index contributed by atoms with van der Waals surface area (Å²) in [7, 11) is 0. The van der Waals surface area contributed by atoms with E-state index in [2.05, 4.69) is 40.7 Å². The highest BCUT2D eigenvalue weighted by Gasteiger charge is 2.23. The average molecular weight is 180 g/mol. The molecule has 1 aromatic heterocycles. The summed E-state index contributed by atoms with van der Waals surface area (Å²) < 4.78 is 5.74. The number of hydrogen-bond donors (Lipinski definition) is 0. The molecule has 0 saturated carbocycles. The molecule has 1 nitrogen and oxygen atoms in total. The van der Waals surface area contributed by atoms with E-state index in [0.717, 1.165) is 11.5 Å². The molecule has 0 bridgehead atoms. The maximum atomic E-state index is 5.74. The molecule has 0 saturated heterocycles. The zero-order valence-electron chi connectivity index (χ0n) is 9.56. The van der Waals surface area contributed by atoms with Crippen molar-refractivity contribution >= 4 is 0 Å². The second-order valence-electron chi connectivity index (χ2n) is 5.05. The molecule has 0 radical (unpaired) electrons. The third-order valence-electron chi connectivity index (χ3n) is 2.19. The molecule has 1 heteroatoms. The average Bonchev–Trinajstić information content (AvgIpc) is 2.29. The maximum absolute atomic E-state index is 5.74. The van der Waals surface area contributed by atoms with Crippen LogP contribution >= 0.6 is 0 Å². The van der Waals surface area contributed by atoms with Crippen molar-refractivity contribution in [1.29, 1.82) is 0 Å². The molecule has 0 aliphatic heterocycles. The van der Waals surface area contributed by atoms with Gasteiger partial charge in [0.1, 0.15) is 11.5 Å². The molecule has 1 rings (SSSR count). The molecule has 0 fully saturated rings. The molecule has 0 spiro atoms. The predicted molar refractivity (Wildman–Crippen MR) is 56.2 cm³/mol. The second-order valence-corrected chi connectivity index (χ2v) is 5.05. The fourth-order valence-electron chi connectivity index (χ4n) is 1.55. The molecule has 0 amide bonds. The lowest BCUT2D eigenvalue weighted by molar-refractivity contribution is 0.389. The zero-order valence-corrected chi connectivity index (χ0v) is 9.56.